The molecule has 0 aliphatic carbocycles. The van der Waals surface area contributed by atoms with E-state index in [0.29, 0.717) is 12.6 Å². The first-order chi connectivity index (χ1) is 12.3. The first-order valence-electron chi connectivity index (χ1n) is 9.48. The Bertz CT molecular complexity index is 721. The molecule has 0 saturated carbocycles. The van der Waals surface area contributed by atoms with Crippen molar-refractivity contribution in [2.24, 2.45) is 0 Å². The number of likely N-dealkylation sites (tertiary alicyclic amines) is 2. The van der Waals surface area contributed by atoms with Crippen molar-refractivity contribution in [2.45, 2.75) is 38.3 Å². The summed E-state index contributed by atoms with van der Waals surface area (Å²) in [5, 5.41) is 3.10. The number of aromatic nitrogens is 2. The van der Waals surface area contributed by atoms with E-state index in [-0.39, 0.29) is 6.03 Å². The Morgan fingerprint density at radius 2 is 2.00 bits per heavy atom. The van der Waals surface area contributed by atoms with Gasteiger partial charge in [-0.25, -0.2) is 9.78 Å². The smallest absolute Gasteiger partial charge is 0.317 e. The summed E-state index contributed by atoms with van der Waals surface area (Å²) >= 11 is 0. The molecule has 1 aromatic carbocycles. The summed E-state index contributed by atoms with van der Waals surface area (Å²) in [5.41, 5.74) is 2.11. The number of benzene rings is 1. The summed E-state index contributed by atoms with van der Waals surface area (Å²) in [7, 11) is 0. The molecule has 134 valence electrons. The first-order valence-corrected chi connectivity index (χ1v) is 9.48. The Balaban J connectivity index is 1.29. The van der Waals surface area contributed by atoms with E-state index in [1.165, 1.54) is 25.9 Å². The molecule has 4 rings (SSSR count). The molecule has 2 fully saturated rings. The highest BCUT2D eigenvalue weighted by atomic mass is 16.2. The molecule has 6 nitrogen and oxygen atoms in total. The van der Waals surface area contributed by atoms with Crippen molar-refractivity contribution in [3.63, 3.8) is 0 Å². The number of para-hydroxylation sites is 2. The van der Waals surface area contributed by atoms with Gasteiger partial charge in [0.05, 0.1) is 17.4 Å². The van der Waals surface area contributed by atoms with Crippen LogP contribution in [0, 0.1) is 0 Å². The van der Waals surface area contributed by atoms with Crippen LogP contribution in [-0.4, -0.2) is 64.1 Å². The van der Waals surface area contributed by atoms with Crippen molar-refractivity contribution in [1.82, 2.24) is 24.7 Å². The number of carbonyl (C=O) groups is 1. The maximum atomic E-state index is 12.6. The summed E-state index contributed by atoms with van der Waals surface area (Å²) in [6.07, 6.45) is 6.71. The molecule has 2 saturated heterocycles. The number of nitrogens with one attached hydrogen (secondary N) is 1. The fraction of sp³-hybridized carbons (Fsp3) is 0.579. The first kappa shape index (κ1) is 16.4. The number of amides is 2. The summed E-state index contributed by atoms with van der Waals surface area (Å²) in [6.45, 7) is 5.69. The third-order valence-electron chi connectivity index (χ3n) is 5.46. The standard InChI is InChI=1S/C19H27N5O/c25-19(24-12-5-6-16(24)14-22-10-3-4-11-22)20-9-13-23-15-21-17-7-1-2-8-18(17)23/h1-2,7-8,15-16H,3-6,9-14H2,(H,20,25). The quantitative estimate of drug-likeness (QED) is 0.908. The van der Waals surface area contributed by atoms with Crippen LogP contribution < -0.4 is 5.32 Å². The van der Waals surface area contributed by atoms with E-state index < -0.39 is 0 Å². The SMILES string of the molecule is O=C(NCCn1cnc2ccccc21)N1CCCC1CN1CCCC1. The normalized spacial score (nSPS) is 21.3. The summed E-state index contributed by atoms with van der Waals surface area (Å²) in [5.74, 6) is 0. The van der Waals surface area contributed by atoms with Crippen molar-refractivity contribution in [1.29, 1.82) is 0 Å². The van der Waals surface area contributed by atoms with Crippen LogP contribution in [0.2, 0.25) is 0 Å². The van der Waals surface area contributed by atoms with E-state index in [2.05, 4.69) is 25.8 Å². The number of urea groups is 1. The number of rotatable bonds is 5. The second-order valence-corrected chi connectivity index (χ2v) is 7.16. The molecule has 25 heavy (non-hydrogen) atoms. The molecule has 1 unspecified atom stereocenters. The van der Waals surface area contributed by atoms with Crippen molar-refractivity contribution in [3.05, 3.63) is 30.6 Å². The Kier molecular flexibility index (Phi) is 4.88. The van der Waals surface area contributed by atoms with Gasteiger partial charge in [-0.3, -0.25) is 0 Å². The van der Waals surface area contributed by atoms with Crippen LogP contribution in [0.3, 0.4) is 0 Å². The van der Waals surface area contributed by atoms with Crippen LogP contribution >= 0.6 is 0 Å². The number of fused-ring (bicyclic) bond motifs is 1. The monoisotopic (exact) mass is 341 g/mol. The molecule has 6 heteroatoms. The maximum absolute atomic E-state index is 12.6. The highest BCUT2D eigenvalue weighted by Crippen LogP contribution is 2.20. The van der Waals surface area contributed by atoms with Crippen LogP contribution in [0.4, 0.5) is 4.79 Å². The van der Waals surface area contributed by atoms with Crippen molar-refractivity contribution in [2.75, 3.05) is 32.7 Å². The Hall–Kier alpha value is -2.08. The molecule has 2 aliphatic heterocycles. The zero-order valence-electron chi connectivity index (χ0n) is 14.7. The van der Waals surface area contributed by atoms with Gasteiger partial charge < -0.3 is 19.7 Å². The van der Waals surface area contributed by atoms with Gasteiger partial charge in [0.25, 0.3) is 0 Å². The van der Waals surface area contributed by atoms with Crippen LogP contribution in [0.25, 0.3) is 11.0 Å². The lowest BCUT2D eigenvalue weighted by molar-refractivity contribution is 0.174. The molecule has 2 aliphatic rings. The highest BCUT2D eigenvalue weighted by molar-refractivity contribution is 5.75. The molecule has 0 spiro atoms. The molecule has 2 aromatic rings. The number of hydrogen-bond acceptors (Lipinski definition) is 3. The zero-order chi connectivity index (χ0) is 17.1. The molecular formula is C19H27N5O. The Morgan fingerprint density at radius 1 is 1.16 bits per heavy atom. The molecule has 0 radical (unpaired) electrons. The predicted octanol–water partition coefficient (Wildman–Crippen LogP) is 2.31. The topological polar surface area (TPSA) is 53.4 Å². The van der Waals surface area contributed by atoms with Gasteiger partial charge in [0.1, 0.15) is 0 Å². The lowest BCUT2D eigenvalue weighted by Crippen LogP contribution is -2.47. The van der Waals surface area contributed by atoms with Crippen molar-refractivity contribution < 1.29 is 4.79 Å². The van der Waals surface area contributed by atoms with E-state index >= 15 is 0 Å². The lowest BCUT2D eigenvalue weighted by atomic mass is 10.2. The van der Waals surface area contributed by atoms with Gasteiger partial charge >= 0.3 is 6.03 Å². The molecule has 2 amide bonds. The Labute approximate surface area is 148 Å². The maximum Gasteiger partial charge on any atom is 0.317 e. The fourth-order valence-electron chi connectivity index (χ4n) is 4.13. The second-order valence-electron chi connectivity index (χ2n) is 7.16. The van der Waals surface area contributed by atoms with Crippen LogP contribution in [0.5, 0.6) is 0 Å². The van der Waals surface area contributed by atoms with Crippen LogP contribution in [-0.2, 0) is 6.54 Å². The fourth-order valence-corrected chi connectivity index (χ4v) is 4.13. The molecule has 1 aromatic heterocycles. The third-order valence-corrected chi connectivity index (χ3v) is 5.46. The molecular weight excluding hydrogens is 314 g/mol. The van der Waals surface area contributed by atoms with Crippen molar-refractivity contribution >= 4 is 17.1 Å². The van der Waals surface area contributed by atoms with E-state index in [0.717, 1.165) is 43.5 Å². The largest absolute Gasteiger partial charge is 0.336 e. The summed E-state index contributed by atoms with van der Waals surface area (Å²) in [4.78, 5) is 21.5. The average molecular weight is 341 g/mol. The molecule has 1 N–H and O–H groups in total. The van der Waals surface area contributed by atoms with Gasteiger partial charge in [-0.1, -0.05) is 12.1 Å². The van der Waals surface area contributed by atoms with Gasteiger partial charge in [-0.2, -0.15) is 0 Å². The third kappa shape index (κ3) is 3.63. The van der Waals surface area contributed by atoms with Crippen molar-refractivity contribution in [3.8, 4) is 0 Å². The van der Waals surface area contributed by atoms with E-state index in [9.17, 15) is 4.79 Å². The molecule has 1 atom stereocenters. The van der Waals surface area contributed by atoms with Crippen LogP contribution in [0.1, 0.15) is 25.7 Å². The second kappa shape index (κ2) is 7.44. The minimum Gasteiger partial charge on any atom is -0.336 e. The minimum absolute atomic E-state index is 0.0890. The van der Waals surface area contributed by atoms with E-state index in [4.69, 9.17) is 0 Å². The predicted molar refractivity (Wildman–Crippen MR) is 98.5 cm³/mol. The number of nitrogens with zero attached hydrogens (tertiary/aromatic N) is 4. The van der Waals surface area contributed by atoms with Gasteiger partial charge in [-0.05, 0) is 50.9 Å². The molecule has 0 bridgehead atoms. The minimum atomic E-state index is 0.0890. The average Bonchev–Trinajstić information content (AvgIpc) is 3.36. The lowest BCUT2D eigenvalue weighted by Gasteiger charge is -2.28. The highest BCUT2D eigenvalue weighted by Gasteiger charge is 2.30. The molecule has 3 heterocycles. The number of imidazole rings is 1. The van der Waals surface area contributed by atoms with Crippen LogP contribution in [0.15, 0.2) is 30.6 Å². The summed E-state index contributed by atoms with van der Waals surface area (Å²) < 4.78 is 2.10. The zero-order valence-corrected chi connectivity index (χ0v) is 14.7. The number of carbonyl (C=O) groups excluding carboxylic acids is 1. The Morgan fingerprint density at radius 3 is 2.88 bits per heavy atom. The van der Waals surface area contributed by atoms with Gasteiger partial charge in [0.15, 0.2) is 0 Å². The van der Waals surface area contributed by atoms with E-state index in [1.807, 2.05) is 29.4 Å². The van der Waals surface area contributed by atoms with Gasteiger partial charge in [-0.15, -0.1) is 0 Å². The van der Waals surface area contributed by atoms with E-state index in [1.54, 1.807) is 0 Å². The van der Waals surface area contributed by atoms with Gasteiger partial charge in [0, 0.05) is 32.2 Å². The van der Waals surface area contributed by atoms with Gasteiger partial charge in [0.2, 0.25) is 0 Å². The number of hydrogen-bond donors (Lipinski definition) is 1. The summed E-state index contributed by atoms with van der Waals surface area (Å²) in [6, 6.07) is 8.56.